The zero-order valence-electron chi connectivity index (χ0n) is 16.4. The van der Waals surface area contributed by atoms with Gasteiger partial charge in [0.1, 0.15) is 11.3 Å². The number of aliphatic hydroxyl groups is 1. The molecule has 150 valence electrons. The minimum Gasteiger partial charge on any atom is -0.427 e. The Morgan fingerprint density at radius 2 is 2.17 bits per heavy atom. The predicted octanol–water partition coefficient (Wildman–Crippen LogP) is 2.67. The fourth-order valence-corrected chi connectivity index (χ4v) is 4.80. The van der Waals surface area contributed by atoms with Crippen molar-refractivity contribution in [3.63, 3.8) is 0 Å². The molecule has 6 heteroatoms. The number of amides is 1. The first-order valence-corrected chi connectivity index (χ1v) is 10.1. The van der Waals surface area contributed by atoms with Crippen LogP contribution in [0.2, 0.25) is 0 Å². The normalized spacial score (nSPS) is 22.8. The van der Waals surface area contributed by atoms with Crippen LogP contribution in [0.5, 0.6) is 0 Å². The third kappa shape index (κ3) is 2.99. The van der Waals surface area contributed by atoms with Crippen LogP contribution in [-0.4, -0.2) is 40.6 Å². The van der Waals surface area contributed by atoms with Gasteiger partial charge in [-0.2, -0.15) is 0 Å². The lowest BCUT2D eigenvalue weighted by atomic mass is 10.0. The molecule has 0 radical (unpaired) electrons. The van der Waals surface area contributed by atoms with Gasteiger partial charge in [-0.15, -0.1) is 0 Å². The van der Waals surface area contributed by atoms with Crippen molar-refractivity contribution in [2.75, 3.05) is 19.7 Å². The van der Waals surface area contributed by atoms with Crippen LogP contribution in [0.1, 0.15) is 33.7 Å². The van der Waals surface area contributed by atoms with E-state index in [0.717, 1.165) is 18.4 Å². The Morgan fingerprint density at radius 3 is 2.93 bits per heavy atom. The molecule has 29 heavy (non-hydrogen) atoms. The fraction of sp³-hybridized carbons (Fsp3) is 0.391. The van der Waals surface area contributed by atoms with Crippen molar-refractivity contribution in [1.29, 1.82) is 0 Å². The highest BCUT2D eigenvalue weighted by Gasteiger charge is 2.60. The molecule has 3 heterocycles. The van der Waals surface area contributed by atoms with Crippen molar-refractivity contribution < 1.29 is 14.3 Å². The van der Waals surface area contributed by atoms with E-state index in [-0.39, 0.29) is 23.5 Å². The first kappa shape index (κ1) is 18.2. The molecule has 1 amide bonds. The third-order valence-electron chi connectivity index (χ3n) is 6.64. The fourth-order valence-electron chi connectivity index (χ4n) is 4.80. The molecule has 5 rings (SSSR count). The van der Waals surface area contributed by atoms with E-state index in [0.29, 0.717) is 36.8 Å². The maximum Gasteiger partial charge on any atom is 0.349 e. The quantitative estimate of drug-likeness (QED) is 0.699. The molecule has 2 fully saturated rings. The van der Waals surface area contributed by atoms with Crippen molar-refractivity contribution in [1.82, 2.24) is 9.88 Å². The lowest BCUT2D eigenvalue weighted by Crippen LogP contribution is -2.36. The Hall–Kier alpha value is -2.86. The molecule has 1 saturated heterocycles. The number of likely N-dealkylation sites (tertiary alicyclic amines) is 1. The highest BCUT2D eigenvalue weighted by Crippen LogP contribution is 2.57. The van der Waals surface area contributed by atoms with Crippen LogP contribution in [0.3, 0.4) is 0 Å². The van der Waals surface area contributed by atoms with Crippen molar-refractivity contribution in [3.05, 3.63) is 69.4 Å². The maximum absolute atomic E-state index is 12.9. The predicted molar refractivity (Wildman–Crippen MR) is 109 cm³/mol. The number of para-hydroxylation sites is 1. The van der Waals surface area contributed by atoms with E-state index in [1.54, 1.807) is 11.8 Å². The zero-order valence-corrected chi connectivity index (χ0v) is 16.4. The molecule has 0 unspecified atom stereocenters. The van der Waals surface area contributed by atoms with Gasteiger partial charge in [-0.05, 0) is 48.9 Å². The van der Waals surface area contributed by atoms with Gasteiger partial charge in [0.25, 0.3) is 5.91 Å². The smallest absolute Gasteiger partial charge is 0.349 e. The summed E-state index contributed by atoms with van der Waals surface area (Å²) in [6.07, 6.45) is 4.29. The number of piperidine rings is 1. The van der Waals surface area contributed by atoms with Gasteiger partial charge >= 0.3 is 5.63 Å². The van der Waals surface area contributed by atoms with Crippen LogP contribution in [0.25, 0.3) is 10.9 Å². The molecule has 2 N–H and O–H groups in total. The molecular formula is C23H24N2O4. The van der Waals surface area contributed by atoms with Gasteiger partial charge in [-0.3, -0.25) is 4.79 Å². The van der Waals surface area contributed by atoms with Gasteiger partial charge in [-0.1, -0.05) is 18.2 Å². The number of carbonyl (C=O) groups is 1. The van der Waals surface area contributed by atoms with Gasteiger partial charge < -0.3 is 19.4 Å². The Kier molecular flexibility index (Phi) is 4.13. The maximum atomic E-state index is 12.9. The first-order chi connectivity index (χ1) is 14.0. The number of fused-ring (bicyclic) bond motifs is 2. The molecule has 2 aromatic heterocycles. The summed E-state index contributed by atoms with van der Waals surface area (Å²) in [4.78, 5) is 30.4. The summed E-state index contributed by atoms with van der Waals surface area (Å²) in [6.45, 7) is 3.02. The van der Waals surface area contributed by atoms with Crippen LogP contribution in [-0.2, 0) is 12.8 Å². The second kappa shape index (κ2) is 6.59. The van der Waals surface area contributed by atoms with Crippen LogP contribution >= 0.6 is 0 Å². The molecule has 2 atom stereocenters. The van der Waals surface area contributed by atoms with Crippen LogP contribution in [0.4, 0.5) is 0 Å². The SMILES string of the molecule is Cc1cc(CCc2c[nH]c3ccccc23)oc(=O)c1C(=O)N1C[C@H]2C[C@@]2(CO)C1. The van der Waals surface area contributed by atoms with Crippen molar-refractivity contribution in [3.8, 4) is 0 Å². The number of H-pyrrole nitrogens is 1. The lowest BCUT2D eigenvalue weighted by Gasteiger charge is -2.20. The van der Waals surface area contributed by atoms with E-state index < -0.39 is 5.63 Å². The molecule has 1 aliphatic carbocycles. The Morgan fingerprint density at radius 1 is 1.34 bits per heavy atom. The monoisotopic (exact) mass is 392 g/mol. The Labute approximate surface area is 168 Å². The molecule has 0 spiro atoms. The molecule has 1 aliphatic heterocycles. The number of aromatic amines is 1. The average molecular weight is 392 g/mol. The number of aromatic nitrogens is 1. The largest absolute Gasteiger partial charge is 0.427 e. The number of hydrogen-bond donors (Lipinski definition) is 2. The highest BCUT2D eigenvalue weighted by molar-refractivity contribution is 5.95. The van der Waals surface area contributed by atoms with E-state index in [9.17, 15) is 14.7 Å². The topological polar surface area (TPSA) is 86.5 Å². The van der Waals surface area contributed by atoms with Crippen molar-refractivity contribution >= 4 is 16.8 Å². The van der Waals surface area contributed by atoms with Gasteiger partial charge in [0, 0.05) is 42.0 Å². The number of nitrogens with zero attached hydrogens (tertiary/aromatic N) is 1. The number of aryl methyl sites for hydroxylation is 3. The molecule has 1 aromatic carbocycles. The molecule has 3 aromatic rings. The third-order valence-corrected chi connectivity index (χ3v) is 6.64. The number of aliphatic hydroxyl groups excluding tert-OH is 1. The van der Waals surface area contributed by atoms with Gasteiger partial charge in [0.05, 0.1) is 6.61 Å². The summed E-state index contributed by atoms with van der Waals surface area (Å²) in [5.41, 5.74) is 2.33. The van der Waals surface area contributed by atoms with E-state index in [4.69, 9.17) is 4.42 Å². The van der Waals surface area contributed by atoms with E-state index in [2.05, 4.69) is 11.1 Å². The van der Waals surface area contributed by atoms with Gasteiger partial charge in [0.2, 0.25) is 0 Å². The second-order valence-electron chi connectivity index (χ2n) is 8.52. The van der Waals surface area contributed by atoms with Crippen molar-refractivity contribution in [2.45, 2.75) is 26.2 Å². The zero-order chi connectivity index (χ0) is 20.2. The second-order valence-corrected chi connectivity index (χ2v) is 8.52. The molecular weight excluding hydrogens is 368 g/mol. The number of nitrogens with one attached hydrogen (secondary N) is 1. The summed E-state index contributed by atoms with van der Waals surface area (Å²) in [5.74, 6) is 0.670. The van der Waals surface area contributed by atoms with E-state index in [1.165, 1.54) is 10.9 Å². The summed E-state index contributed by atoms with van der Waals surface area (Å²) < 4.78 is 5.51. The van der Waals surface area contributed by atoms with E-state index >= 15 is 0 Å². The summed E-state index contributed by atoms with van der Waals surface area (Å²) >= 11 is 0. The van der Waals surface area contributed by atoms with Crippen LogP contribution < -0.4 is 5.63 Å². The van der Waals surface area contributed by atoms with Crippen LogP contribution in [0.15, 0.2) is 45.7 Å². The number of benzene rings is 1. The summed E-state index contributed by atoms with van der Waals surface area (Å²) in [5, 5.41) is 10.7. The lowest BCUT2D eigenvalue weighted by molar-refractivity contribution is 0.0745. The van der Waals surface area contributed by atoms with Crippen LogP contribution in [0, 0.1) is 18.3 Å². The summed E-state index contributed by atoms with van der Waals surface area (Å²) in [6, 6.07) is 9.92. The Balaban J connectivity index is 1.33. The van der Waals surface area contributed by atoms with Gasteiger partial charge in [0.15, 0.2) is 0 Å². The molecule has 0 bridgehead atoms. The molecule has 2 aliphatic rings. The van der Waals surface area contributed by atoms with Gasteiger partial charge in [-0.25, -0.2) is 4.79 Å². The number of carbonyl (C=O) groups excluding carboxylic acids is 1. The number of hydrogen-bond acceptors (Lipinski definition) is 4. The summed E-state index contributed by atoms with van der Waals surface area (Å²) in [7, 11) is 0. The van der Waals surface area contributed by atoms with Crippen molar-refractivity contribution in [2.24, 2.45) is 11.3 Å². The molecule has 6 nitrogen and oxygen atoms in total. The minimum absolute atomic E-state index is 0.0990. The number of rotatable bonds is 5. The Bertz CT molecular complexity index is 1160. The average Bonchev–Trinajstić information content (AvgIpc) is 3.07. The highest BCUT2D eigenvalue weighted by atomic mass is 16.4. The minimum atomic E-state index is -0.567. The standard InChI is InChI=1S/C23H24N2O4/c1-14-8-17(7-6-15-10-24-19-5-3-2-4-18(15)19)29-22(28)20(14)21(27)25-11-16-9-23(16,12-25)13-26/h2-5,8,10,16,24,26H,6-7,9,11-13H2,1H3/t16-,23+/m1/s1. The first-order valence-electron chi connectivity index (χ1n) is 10.1. The molecule has 1 saturated carbocycles. The van der Waals surface area contributed by atoms with E-state index in [1.807, 2.05) is 30.5 Å².